The first-order valence-electron chi connectivity index (χ1n) is 9.73. The Hall–Kier alpha value is -1.22. The van der Waals surface area contributed by atoms with Crippen molar-refractivity contribution in [3.8, 4) is 0 Å². The minimum atomic E-state index is -1.68. The number of ether oxygens (including phenoxy) is 3. The van der Waals surface area contributed by atoms with Crippen molar-refractivity contribution in [3.63, 3.8) is 0 Å². The van der Waals surface area contributed by atoms with Crippen LogP contribution >= 0.6 is 0 Å². The molecule has 1 aromatic rings. The Labute approximate surface area is 173 Å². The molecule has 0 spiro atoms. The zero-order chi connectivity index (χ0) is 21.8. The predicted molar refractivity (Wildman–Crippen MR) is 99.7 cm³/mol. The van der Waals surface area contributed by atoms with E-state index in [-0.39, 0.29) is 0 Å². The van der Waals surface area contributed by atoms with E-state index in [1.807, 2.05) is 30.3 Å². The Morgan fingerprint density at radius 3 is 2.10 bits per heavy atom. The summed E-state index contributed by atoms with van der Waals surface area (Å²) in [6.07, 6.45) is -12.9. The molecule has 0 aromatic heterocycles. The molecule has 1 aromatic carbocycles. The van der Waals surface area contributed by atoms with Gasteiger partial charge in [-0.05, 0) is 5.56 Å². The highest BCUT2D eigenvalue weighted by atomic mass is 16.7. The van der Waals surface area contributed by atoms with Crippen molar-refractivity contribution >= 4 is 0 Å². The lowest BCUT2D eigenvalue weighted by atomic mass is 9.95. The summed E-state index contributed by atoms with van der Waals surface area (Å²) in [6.45, 7) is -0.945. The normalized spacial score (nSPS) is 42.2. The number of rotatable bonds is 7. The van der Waals surface area contributed by atoms with Gasteiger partial charge in [0, 0.05) is 6.54 Å². The van der Waals surface area contributed by atoms with Crippen LogP contribution in [0.3, 0.4) is 0 Å². The van der Waals surface area contributed by atoms with Gasteiger partial charge in [0.1, 0.15) is 42.7 Å². The van der Waals surface area contributed by atoms with Gasteiger partial charge >= 0.3 is 0 Å². The maximum atomic E-state index is 10.8. The summed E-state index contributed by atoms with van der Waals surface area (Å²) >= 11 is 0. The fraction of sp³-hybridized carbons (Fsp3) is 0.684. The van der Waals surface area contributed by atoms with Crippen molar-refractivity contribution in [1.82, 2.24) is 5.32 Å². The second-order valence-corrected chi connectivity index (χ2v) is 7.43. The van der Waals surface area contributed by atoms with Gasteiger partial charge in [-0.25, -0.2) is 0 Å². The van der Waals surface area contributed by atoms with Gasteiger partial charge in [-0.1, -0.05) is 30.3 Å². The molecule has 0 aliphatic carbocycles. The van der Waals surface area contributed by atoms with Crippen LogP contribution in [-0.4, -0.2) is 110 Å². The Morgan fingerprint density at radius 1 is 0.800 bits per heavy atom. The van der Waals surface area contributed by atoms with Crippen LogP contribution < -0.4 is 5.32 Å². The van der Waals surface area contributed by atoms with E-state index >= 15 is 0 Å². The zero-order valence-corrected chi connectivity index (χ0v) is 16.1. The Balaban J connectivity index is 1.71. The highest BCUT2D eigenvalue weighted by molar-refractivity contribution is 5.14. The molecule has 0 amide bonds. The number of hydrogen-bond acceptors (Lipinski definition) is 11. The van der Waals surface area contributed by atoms with Crippen LogP contribution in [0.25, 0.3) is 0 Å². The standard InChI is InChI=1S/C19H29NO10/c21-7-10-13(23)15(25)16(26)19(29-10)30-17-11(8-22)28-18(27)12(14(17)24)20-6-9-4-2-1-3-5-9/h1-5,10-27H,6-8H2/t10?,11?,12?,13-,14+,15-,16?,17-,18+,19-/m0/s1. The smallest absolute Gasteiger partial charge is 0.187 e. The average molecular weight is 431 g/mol. The van der Waals surface area contributed by atoms with Crippen LogP contribution in [0.2, 0.25) is 0 Å². The van der Waals surface area contributed by atoms with E-state index < -0.39 is 74.6 Å². The third kappa shape index (κ3) is 4.98. The molecular formula is C19H29NO10. The molecule has 11 nitrogen and oxygen atoms in total. The van der Waals surface area contributed by atoms with Crippen molar-refractivity contribution in [3.05, 3.63) is 35.9 Å². The quantitative estimate of drug-likeness (QED) is 0.214. The summed E-state index contributed by atoms with van der Waals surface area (Å²) in [5, 5.41) is 72.9. The number of nitrogens with one attached hydrogen (secondary N) is 1. The van der Waals surface area contributed by atoms with Crippen molar-refractivity contribution in [2.45, 2.75) is 67.9 Å². The Kier molecular flexibility index (Phi) is 8.12. The average Bonchev–Trinajstić information content (AvgIpc) is 2.76. The molecule has 10 atom stereocenters. The molecule has 4 unspecified atom stereocenters. The van der Waals surface area contributed by atoms with Gasteiger partial charge in [0.25, 0.3) is 0 Å². The highest BCUT2D eigenvalue weighted by Gasteiger charge is 2.50. The maximum Gasteiger partial charge on any atom is 0.187 e. The minimum absolute atomic E-state index is 0.305. The molecule has 2 aliphatic heterocycles. The molecule has 11 heteroatoms. The van der Waals surface area contributed by atoms with Crippen LogP contribution in [0.1, 0.15) is 5.56 Å². The van der Waals surface area contributed by atoms with Gasteiger partial charge in [0.2, 0.25) is 0 Å². The molecule has 2 saturated heterocycles. The fourth-order valence-corrected chi connectivity index (χ4v) is 3.64. The van der Waals surface area contributed by atoms with E-state index in [9.17, 15) is 35.7 Å². The van der Waals surface area contributed by atoms with Crippen LogP contribution in [0.15, 0.2) is 30.3 Å². The lowest BCUT2D eigenvalue weighted by molar-refractivity contribution is -0.345. The Morgan fingerprint density at radius 2 is 1.47 bits per heavy atom. The molecule has 0 saturated carbocycles. The topological polar surface area (TPSA) is 181 Å². The van der Waals surface area contributed by atoms with Crippen molar-refractivity contribution in [1.29, 1.82) is 0 Å². The van der Waals surface area contributed by atoms with E-state index in [1.165, 1.54) is 0 Å². The number of aliphatic hydroxyl groups is 7. The summed E-state index contributed by atoms with van der Waals surface area (Å²) in [4.78, 5) is 0. The van der Waals surface area contributed by atoms with Gasteiger partial charge in [-0.15, -0.1) is 0 Å². The molecule has 170 valence electrons. The van der Waals surface area contributed by atoms with Crippen LogP contribution in [0, 0.1) is 0 Å². The highest BCUT2D eigenvalue weighted by Crippen LogP contribution is 2.28. The number of aliphatic hydroxyl groups excluding tert-OH is 7. The Bertz CT molecular complexity index is 649. The zero-order valence-electron chi connectivity index (χ0n) is 16.1. The van der Waals surface area contributed by atoms with Gasteiger partial charge in [0.05, 0.1) is 19.3 Å². The molecular weight excluding hydrogens is 402 g/mol. The van der Waals surface area contributed by atoms with Gasteiger partial charge in [-0.3, -0.25) is 0 Å². The molecule has 0 radical (unpaired) electrons. The first-order chi connectivity index (χ1) is 14.4. The van der Waals surface area contributed by atoms with Crippen LogP contribution in [-0.2, 0) is 20.8 Å². The first-order valence-corrected chi connectivity index (χ1v) is 9.73. The van der Waals surface area contributed by atoms with E-state index in [0.717, 1.165) is 5.56 Å². The molecule has 2 aliphatic rings. The van der Waals surface area contributed by atoms with E-state index in [0.29, 0.717) is 6.54 Å². The molecule has 0 bridgehead atoms. The maximum absolute atomic E-state index is 10.8. The summed E-state index contributed by atoms with van der Waals surface area (Å²) < 4.78 is 16.3. The van der Waals surface area contributed by atoms with Gasteiger partial charge in [0.15, 0.2) is 12.6 Å². The lowest BCUT2D eigenvalue weighted by Crippen LogP contribution is -2.66. The summed E-state index contributed by atoms with van der Waals surface area (Å²) in [6, 6.07) is 8.25. The van der Waals surface area contributed by atoms with Gasteiger partial charge in [-0.2, -0.15) is 0 Å². The minimum Gasteiger partial charge on any atom is -0.394 e. The van der Waals surface area contributed by atoms with Crippen molar-refractivity contribution < 1.29 is 50.0 Å². The van der Waals surface area contributed by atoms with E-state index in [2.05, 4.69) is 5.32 Å². The largest absolute Gasteiger partial charge is 0.394 e. The number of benzene rings is 1. The number of hydrogen-bond donors (Lipinski definition) is 8. The molecule has 2 heterocycles. The fourth-order valence-electron chi connectivity index (χ4n) is 3.64. The molecule has 3 rings (SSSR count). The van der Waals surface area contributed by atoms with Gasteiger partial charge < -0.3 is 55.3 Å². The van der Waals surface area contributed by atoms with Crippen molar-refractivity contribution in [2.75, 3.05) is 13.2 Å². The third-order valence-corrected chi connectivity index (χ3v) is 5.40. The van der Waals surface area contributed by atoms with Crippen LogP contribution in [0.5, 0.6) is 0 Å². The lowest BCUT2D eigenvalue weighted by Gasteiger charge is -2.46. The van der Waals surface area contributed by atoms with E-state index in [4.69, 9.17) is 14.2 Å². The van der Waals surface area contributed by atoms with E-state index in [1.54, 1.807) is 0 Å². The summed E-state index contributed by atoms with van der Waals surface area (Å²) in [5.74, 6) is 0. The predicted octanol–water partition coefficient (Wildman–Crippen LogP) is -3.60. The monoisotopic (exact) mass is 431 g/mol. The molecule has 30 heavy (non-hydrogen) atoms. The molecule has 8 N–H and O–H groups in total. The van der Waals surface area contributed by atoms with Crippen molar-refractivity contribution in [2.24, 2.45) is 0 Å². The SMILES string of the molecule is OCC1O[C@@H](O[C@H]2C(CO)O[C@@H](O)C(NCc3ccccc3)[C@H]2O)C(O)[C@@H](O)[C@H]1O. The summed E-state index contributed by atoms with van der Waals surface area (Å²) in [7, 11) is 0. The second kappa shape index (κ2) is 10.4. The third-order valence-electron chi connectivity index (χ3n) is 5.40. The van der Waals surface area contributed by atoms with Crippen LogP contribution in [0.4, 0.5) is 0 Å². The first kappa shape index (κ1) is 23.4. The summed E-state index contributed by atoms with van der Waals surface area (Å²) in [5.41, 5.74) is 0.896. The molecule has 2 fully saturated rings. The second-order valence-electron chi connectivity index (χ2n) is 7.43.